The maximum absolute atomic E-state index is 13.6. The summed E-state index contributed by atoms with van der Waals surface area (Å²) < 4.78 is 13.6. The number of halogens is 1. The van der Waals surface area contributed by atoms with Crippen LogP contribution in [-0.4, -0.2) is 17.4 Å². The topological polar surface area (TPSA) is 98.3 Å². The molecule has 0 bridgehead atoms. The summed E-state index contributed by atoms with van der Waals surface area (Å²) in [5.41, 5.74) is 4.10. The van der Waals surface area contributed by atoms with Gasteiger partial charge in [0, 0.05) is 12.6 Å². The van der Waals surface area contributed by atoms with Crippen molar-refractivity contribution < 1.29 is 14.1 Å². The second-order valence-electron chi connectivity index (χ2n) is 5.68. The predicted octanol–water partition coefficient (Wildman–Crippen LogP) is 2.48. The SMILES string of the molecule is CC(C)(C)CCNC(=O)c1c(F)ccc([N+](=O)[O-])c1N. The molecule has 1 amide bonds. The Morgan fingerprint density at radius 3 is 2.55 bits per heavy atom. The molecule has 0 radical (unpaired) electrons. The van der Waals surface area contributed by atoms with Crippen molar-refractivity contribution in [2.24, 2.45) is 5.41 Å². The number of carbonyl (C=O) groups is 1. The van der Waals surface area contributed by atoms with Crippen molar-refractivity contribution in [3.63, 3.8) is 0 Å². The van der Waals surface area contributed by atoms with Crippen LogP contribution in [-0.2, 0) is 0 Å². The molecule has 0 aliphatic carbocycles. The molecule has 0 spiro atoms. The lowest BCUT2D eigenvalue weighted by atomic mass is 9.92. The summed E-state index contributed by atoms with van der Waals surface area (Å²) in [4.78, 5) is 21.9. The molecule has 0 atom stereocenters. The van der Waals surface area contributed by atoms with Crippen molar-refractivity contribution in [1.29, 1.82) is 0 Å². The zero-order chi connectivity index (χ0) is 15.5. The van der Waals surface area contributed by atoms with Crippen molar-refractivity contribution >= 4 is 17.3 Å². The number of hydrogen-bond acceptors (Lipinski definition) is 4. The number of carbonyl (C=O) groups excluding carboxylic acids is 1. The number of nitrogen functional groups attached to an aromatic ring is 1. The highest BCUT2D eigenvalue weighted by Gasteiger charge is 2.23. The monoisotopic (exact) mass is 283 g/mol. The summed E-state index contributed by atoms with van der Waals surface area (Å²) in [6, 6.07) is 1.81. The number of nitro groups is 1. The van der Waals surface area contributed by atoms with E-state index in [1.54, 1.807) is 0 Å². The van der Waals surface area contributed by atoms with Gasteiger partial charge >= 0.3 is 0 Å². The van der Waals surface area contributed by atoms with E-state index in [0.717, 1.165) is 12.1 Å². The standard InChI is InChI=1S/C13H18FN3O3/c1-13(2,3)6-7-16-12(18)10-8(14)4-5-9(11(10)15)17(19)20/h4-5H,6-7,15H2,1-3H3,(H,16,18). The van der Waals surface area contributed by atoms with Crippen LogP contribution in [0.2, 0.25) is 0 Å². The zero-order valence-electron chi connectivity index (χ0n) is 11.7. The summed E-state index contributed by atoms with van der Waals surface area (Å²) in [6.07, 6.45) is 0.690. The van der Waals surface area contributed by atoms with Gasteiger partial charge in [0.05, 0.1) is 4.92 Å². The number of nitrogens with two attached hydrogens (primary N) is 1. The van der Waals surface area contributed by atoms with Crippen LogP contribution in [0.5, 0.6) is 0 Å². The van der Waals surface area contributed by atoms with Crippen LogP contribution in [0.25, 0.3) is 0 Å². The Morgan fingerprint density at radius 1 is 1.45 bits per heavy atom. The molecule has 6 nitrogen and oxygen atoms in total. The largest absolute Gasteiger partial charge is 0.392 e. The normalized spacial score (nSPS) is 11.2. The lowest BCUT2D eigenvalue weighted by molar-refractivity contribution is -0.384. The second-order valence-corrected chi connectivity index (χ2v) is 5.68. The lowest BCUT2D eigenvalue weighted by Crippen LogP contribution is -2.29. The summed E-state index contributed by atoms with van der Waals surface area (Å²) >= 11 is 0. The smallest absolute Gasteiger partial charge is 0.293 e. The van der Waals surface area contributed by atoms with Crippen LogP contribution in [0.1, 0.15) is 37.6 Å². The van der Waals surface area contributed by atoms with E-state index < -0.39 is 33.6 Å². The van der Waals surface area contributed by atoms with E-state index in [2.05, 4.69) is 5.32 Å². The van der Waals surface area contributed by atoms with E-state index >= 15 is 0 Å². The number of rotatable bonds is 4. The molecule has 0 saturated heterocycles. The van der Waals surface area contributed by atoms with Crippen LogP contribution >= 0.6 is 0 Å². The minimum atomic E-state index is -0.874. The first-order valence-electron chi connectivity index (χ1n) is 6.14. The Labute approximate surface area is 116 Å². The first-order chi connectivity index (χ1) is 9.13. The van der Waals surface area contributed by atoms with Gasteiger partial charge in [0.15, 0.2) is 0 Å². The number of nitro benzene ring substituents is 1. The minimum Gasteiger partial charge on any atom is -0.392 e. The maximum Gasteiger partial charge on any atom is 0.293 e. The number of hydrogen-bond donors (Lipinski definition) is 2. The number of benzene rings is 1. The van der Waals surface area contributed by atoms with E-state index in [0.29, 0.717) is 13.0 Å². The molecule has 1 rings (SSSR count). The van der Waals surface area contributed by atoms with Gasteiger partial charge in [0.2, 0.25) is 0 Å². The van der Waals surface area contributed by atoms with Gasteiger partial charge in [-0.2, -0.15) is 0 Å². The van der Waals surface area contributed by atoms with Crippen LogP contribution < -0.4 is 11.1 Å². The Morgan fingerprint density at radius 2 is 2.05 bits per heavy atom. The molecule has 1 aromatic carbocycles. The summed E-state index contributed by atoms with van der Waals surface area (Å²) in [6.45, 7) is 6.34. The number of anilines is 1. The van der Waals surface area contributed by atoms with E-state index in [9.17, 15) is 19.3 Å². The van der Waals surface area contributed by atoms with Gasteiger partial charge in [-0.3, -0.25) is 14.9 Å². The summed E-state index contributed by atoms with van der Waals surface area (Å²) in [7, 11) is 0. The fourth-order valence-electron chi connectivity index (χ4n) is 1.61. The van der Waals surface area contributed by atoms with Crippen molar-refractivity contribution in [1.82, 2.24) is 5.32 Å². The van der Waals surface area contributed by atoms with Gasteiger partial charge in [0.25, 0.3) is 11.6 Å². The third-order valence-corrected chi connectivity index (χ3v) is 2.76. The molecule has 7 heteroatoms. The predicted molar refractivity (Wildman–Crippen MR) is 73.9 cm³/mol. The van der Waals surface area contributed by atoms with Crippen LogP contribution in [0.3, 0.4) is 0 Å². The fourth-order valence-corrected chi connectivity index (χ4v) is 1.61. The highest BCUT2D eigenvalue weighted by Crippen LogP contribution is 2.27. The third kappa shape index (κ3) is 3.91. The molecule has 0 heterocycles. The van der Waals surface area contributed by atoms with Crippen LogP contribution in [0.15, 0.2) is 12.1 Å². The molecular weight excluding hydrogens is 265 g/mol. The molecule has 1 aromatic rings. The maximum atomic E-state index is 13.6. The van der Waals surface area contributed by atoms with E-state index in [1.165, 1.54) is 0 Å². The number of nitrogens with one attached hydrogen (secondary N) is 1. The third-order valence-electron chi connectivity index (χ3n) is 2.76. The zero-order valence-corrected chi connectivity index (χ0v) is 11.7. The highest BCUT2D eigenvalue weighted by atomic mass is 19.1. The molecule has 110 valence electrons. The molecule has 3 N–H and O–H groups in total. The quantitative estimate of drug-likeness (QED) is 0.504. The van der Waals surface area contributed by atoms with Gasteiger partial charge in [-0.25, -0.2) is 4.39 Å². The summed E-state index contributed by atoms with van der Waals surface area (Å²) in [5, 5.41) is 13.2. The van der Waals surface area contributed by atoms with Gasteiger partial charge < -0.3 is 11.1 Å². The molecule has 20 heavy (non-hydrogen) atoms. The van der Waals surface area contributed by atoms with Gasteiger partial charge in [0.1, 0.15) is 17.1 Å². The Hall–Kier alpha value is -2.18. The Kier molecular flexibility index (Phi) is 4.65. The van der Waals surface area contributed by atoms with Crippen LogP contribution in [0, 0.1) is 21.3 Å². The molecule has 0 fully saturated rings. The van der Waals surface area contributed by atoms with Crippen molar-refractivity contribution in [3.05, 3.63) is 33.6 Å². The Balaban J connectivity index is 2.93. The van der Waals surface area contributed by atoms with Gasteiger partial charge in [-0.15, -0.1) is 0 Å². The van der Waals surface area contributed by atoms with Gasteiger partial charge in [-0.1, -0.05) is 20.8 Å². The number of amides is 1. The number of nitrogens with zero attached hydrogens (tertiary/aromatic N) is 1. The highest BCUT2D eigenvalue weighted by molar-refractivity contribution is 6.01. The molecule has 0 aromatic heterocycles. The average molecular weight is 283 g/mol. The second kappa shape index (κ2) is 5.85. The van der Waals surface area contributed by atoms with E-state index in [4.69, 9.17) is 5.73 Å². The first kappa shape index (κ1) is 15.9. The van der Waals surface area contributed by atoms with Crippen molar-refractivity contribution in [3.8, 4) is 0 Å². The van der Waals surface area contributed by atoms with Crippen molar-refractivity contribution in [2.45, 2.75) is 27.2 Å². The lowest BCUT2D eigenvalue weighted by Gasteiger charge is -2.18. The Bertz CT molecular complexity index is 538. The van der Waals surface area contributed by atoms with E-state index in [1.807, 2.05) is 20.8 Å². The molecule has 0 aliphatic heterocycles. The molecule has 0 unspecified atom stereocenters. The summed E-state index contributed by atoms with van der Waals surface area (Å²) in [5.74, 6) is -1.62. The van der Waals surface area contributed by atoms with E-state index in [-0.39, 0.29) is 5.41 Å². The molecule has 0 saturated carbocycles. The van der Waals surface area contributed by atoms with Crippen molar-refractivity contribution in [2.75, 3.05) is 12.3 Å². The minimum absolute atomic E-state index is 0.0139. The molecular formula is C13H18FN3O3. The van der Waals surface area contributed by atoms with Gasteiger partial charge in [-0.05, 0) is 17.9 Å². The average Bonchev–Trinajstić information content (AvgIpc) is 2.26. The van der Waals surface area contributed by atoms with Crippen LogP contribution in [0.4, 0.5) is 15.8 Å². The fraction of sp³-hybridized carbons (Fsp3) is 0.462. The molecule has 0 aliphatic rings. The first-order valence-corrected chi connectivity index (χ1v) is 6.14.